The third-order valence-corrected chi connectivity index (χ3v) is 3.20. The number of hydrogen-bond donors (Lipinski definition) is 3. The lowest BCUT2D eigenvalue weighted by atomic mass is 10.1. The van der Waals surface area contributed by atoms with Crippen LogP contribution in [0.5, 0.6) is 0 Å². The molecule has 2 aromatic heterocycles. The van der Waals surface area contributed by atoms with E-state index in [0.29, 0.717) is 5.65 Å². The van der Waals surface area contributed by atoms with Gasteiger partial charge in [-0.05, 0) is 18.9 Å². The van der Waals surface area contributed by atoms with Gasteiger partial charge in [0.05, 0.1) is 5.69 Å². The standard InChI is InChI=1S/C11H15N5O/c12-7-2-1-5-16(6-7)8-3-4-13-10-9(8)14-11(17)15-10/h3-4,7H,1-2,5-6,12H2,(H2,13,14,15,17). The van der Waals surface area contributed by atoms with Crippen LogP contribution in [0.25, 0.3) is 11.2 Å². The summed E-state index contributed by atoms with van der Waals surface area (Å²) in [4.78, 5) is 23.1. The third-order valence-electron chi connectivity index (χ3n) is 3.20. The van der Waals surface area contributed by atoms with Gasteiger partial charge in [-0.25, -0.2) is 9.78 Å². The summed E-state index contributed by atoms with van der Waals surface area (Å²) in [6.45, 7) is 1.80. The molecule has 2 aromatic rings. The summed E-state index contributed by atoms with van der Waals surface area (Å²) < 4.78 is 0. The van der Waals surface area contributed by atoms with Crippen LogP contribution in [0, 0.1) is 0 Å². The molecular weight excluding hydrogens is 218 g/mol. The summed E-state index contributed by atoms with van der Waals surface area (Å²) in [5.41, 5.74) is 8.13. The molecule has 0 spiro atoms. The van der Waals surface area contributed by atoms with Gasteiger partial charge in [-0.1, -0.05) is 0 Å². The third kappa shape index (κ3) is 1.80. The Morgan fingerprint density at radius 2 is 2.35 bits per heavy atom. The summed E-state index contributed by atoms with van der Waals surface area (Å²) in [5.74, 6) is 0. The molecule has 3 heterocycles. The zero-order valence-corrected chi connectivity index (χ0v) is 9.44. The minimum atomic E-state index is -0.221. The van der Waals surface area contributed by atoms with Crippen LogP contribution in [0.4, 0.5) is 5.69 Å². The maximum absolute atomic E-state index is 11.3. The molecule has 90 valence electrons. The van der Waals surface area contributed by atoms with Crippen LogP contribution in [-0.4, -0.2) is 34.1 Å². The predicted octanol–water partition coefficient (Wildman–Crippen LogP) is 0.179. The van der Waals surface area contributed by atoms with Crippen LogP contribution < -0.4 is 16.3 Å². The molecular formula is C11H15N5O. The van der Waals surface area contributed by atoms with Gasteiger partial charge in [-0.15, -0.1) is 0 Å². The van der Waals surface area contributed by atoms with Crippen LogP contribution in [0.2, 0.25) is 0 Å². The Labute approximate surface area is 97.8 Å². The Balaban J connectivity index is 2.07. The maximum atomic E-state index is 11.3. The number of nitrogens with one attached hydrogen (secondary N) is 2. The number of aromatic amines is 2. The van der Waals surface area contributed by atoms with E-state index in [1.807, 2.05) is 6.07 Å². The summed E-state index contributed by atoms with van der Waals surface area (Å²) in [5, 5.41) is 0. The summed E-state index contributed by atoms with van der Waals surface area (Å²) in [7, 11) is 0. The molecule has 1 unspecified atom stereocenters. The first-order chi connectivity index (χ1) is 8.24. The van der Waals surface area contributed by atoms with Crippen LogP contribution >= 0.6 is 0 Å². The Kier molecular flexibility index (Phi) is 2.36. The number of piperidine rings is 1. The molecule has 4 N–H and O–H groups in total. The Morgan fingerprint density at radius 3 is 3.18 bits per heavy atom. The molecule has 3 rings (SSSR count). The van der Waals surface area contributed by atoms with Crippen LogP contribution in [0.1, 0.15) is 12.8 Å². The first kappa shape index (κ1) is 10.3. The molecule has 0 bridgehead atoms. The highest BCUT2D eigenvalue weighted by Gasteiger charge is 2.19. The molecule has 1 aliphatic rings. The Bertz CT molecular complexity index is 587. The van der Waals surface area contributed by atoms with Crippen molar-refractivity contribution in [3.8, 4) is 0 Å². The molecule has 1 atom stereocenters. The van der Waals surface area contributed by atoms with E-state index in [1.54, 1.807) is 6.20 Å². The minimum absolute atomic E-state index is 0.206. The van der Waals surface area contributed by atoms with Crippen LogP contribution in [0.15, 0.2) is 17.1 Å². The molecule has 0 saturated carbocycles. The molecule has 0 aliphatic carbocycles. The predicted molar refractivity (Wildman–Crippen MR) is 66.1 cm³/mol. The number of pyridine rings is 1. The van der Waals surface area contributed by atoms with Crippen molar-refractivity contribution < 1.29 is 0 Å². The number of aromatic nitrogens is 3. The van der Waals surface area contributed by atoms with Gasteiger partial charge in [-0.2, -0.15) is 0 Å². The molecule has 1 aliphatic heterocycles. The molecule has 0 amide bonds. The second-order valence-corrected chi connectivity index (χ2v) is 4.48. The number of hydrogen-bond acceptors (Lipinski definition) is 4. The van der Waals surface area contributed by atoms with Crippen molar-refractivity contribution in [1.82, 2.24) is 15.0 Å². The monoisotopic (exact) mass is 233 g/mol. The molecule has 0 aromatic carbocycles. The highest BCUT2D eigenvalue weighted by atomic mass is 16.1. The molecule has 17 heavy (non-hydrogen) atoms. The van der Waals surface area contributed by atoms with Crippen LogP contribution in [-0.2, 0) is 0 Å². The number of nitrogens with two attached hydrogens (primary N) is 1. The van der Waals surface area contributed by atoms with Crippen molar-refractivity contribution in [2.75, 3.05) is 18.0 Å². The second-order valence-electron chi connectivity index (χ2n) is 4.48. The maximum Gasteiger partial charge on any atom is 0.325 e. The lowest BCUT2D eigenvalue weighted by molar-refractivity contribution is 0.507. The first-order valence-corrected chi connectivity index (χ1v) is 5.81. The van der Waals surface area contributed by atoms with E-state index in [4.69, 9.17) is 5.73 Å². The van der Waals surface area contributed by atoms with E-state index < -0.39 is 0 Å². The number of imidazole rings is 1. The van der Waals surface area contributed by atoms with Crippen molar-refractivity contribution in [1.29, 1.82) is 0 Å². The van der Waals surface area contributed by atoms with Gasteiger partial charge in [0.25, 0.3) is 0 Å². The van der Waals surface area contributed by atoms with Gasteiger partial charge >= 0.3 is 5.69 Å². The first-order valence-electron chi connectivity index (χ1n) is 5.81. The largest absolute Gasteiger partial charge is 0.368 e. The minimum Gasteiger partial charge on any atom is -0.368 e. The van der Waals surface area contributed by atoms with Gasteiger partial charge in [0.2, 0.25) is 0 Å². The average Bonchev–Trinajstić information content (AvgIpc) is 2.68. The zero-order chi connectivity index (χ0) is 11.8. The number of rotatable bonds is 1. The average molecular weight is 233 g/mol. The molecule has 0 radical (unpaired) electrons. The van der Waals surface area contributed by atoms with Crippen LogP contribution in [0.3, 0.4) is 0 Å². The van der Waals surface area contributed by atoms with E-state index >= 15 is 0 Å². The molecule has 6 nitrogen and oxygen atoms in total. The van der Waals surface area contributed by atoms with Crippen molar-refractivity contribution in [2.45, 2.75) is 18.9 Å². The van der Waals surface area contributed by atoms with Crippen molar-refractivity contribution in [3.63, 3.8) is 0 Å². The topological polar surface area (TPSA) is 90.8 Å². The Hall–Kier alpha value is -1.82. The van der Waals surface area contributed by atoms with Crippen molar-refractivity contribution in [2.24, 2.45) is 5.73 Å². The fourth-order valence-electron chi connectivity index (χ4n) is 2.41. The Morgan fingerprint density at radius 1 is 1.47 bits per heavy atom. The van der Waals surface area contributed by atoms with Gasteiger partial charge in [0, 0.05) is 25.3 Å². The van der Waals surface area contributed by atoms with Crippen molar-refractivity contribution in [3.05, 3.63) is 22.7 Å². The summed E-state index contributed by atoms with van der Waals surface area (Å²) in [6, 6.07) is 2.13. The molecule has 6 heteroatoms. The number of anilines is 1. The van der Waals surface area contributed by atoms with Crippen molar-refractivity contribution >= 4 is 16.9 Å². The van der Waals surface area contributed by atoms with E-state index in [0.717, 1.165) is 37.1 Å². The molecule has 1 saturated heterocycles. The SMILES string of the molecule is NC1CCCN(c2ccnc3[nH]c(=O)[nH]c23)C1. The van der Waals surface area contributed by atoms with Gasteiger partial charge < -0.3 is 15.6 Å². The second kappa shape index (κ2) is 3.89. The van der Waals surface area contributed by atoms with Gasteiger partial charge in [-0.3, -0.25) is 4.98 Å². The highest BCUT2D eigenvalue weighted by Crippen LogP contribution is 2.24. The van der Waals surface area contributed by atoms with E-state index in [2.05, 4.69) is 19.9 Å². The van der Waals surface area contributed by atoms with E-state index in [1.165, 1.54) is 0 Å². The number of fused-ring (bicyclic) bond motifs is 1. The highest BCUT2D eigenvalue weighted by molar-refractivity contribution is 5.85. The van der Waals surface area contributed by atoms with E-state index in [9.17, 15) is 4.79 Å². The summed E-state index contributed by atoms with van der Waals surface area (Å²) >= 11 is 0. The van der Waals surface area contributed by atoms with Gasteiger partial charge in [0.15, 0.2) is 5.65 Å². The smallest absolute Gasteiger partial charge is 0.325 e. The zero-order valence-electron chi connectivity index (χ0n) is 9.44. The lowest BCUT2D eigenvalue weighted by Gasteiger charge is -2.32. The quantitative estimate of drug-likeness (QED) is 0.655. The fourth-order valence-corrected chi connectivity index (χ4v) is 2.41. The lowest BCUT2D eigenvalue weighted by Crippen LogP contribution is -2.42. The van der Waals surface area contributed by atoms with Gasteiger partial charge in [0.1, 0.15) is 5.52 Å². The normalized spacial score (nSPS) is 21.0. The number of nitrogens with zero attached hydrogens (tertiary/aromatic N) is 2. The fraction of sp³-hybridized carbons (Fsp3) is 0.455. The molecule has 1 fully saturated rings. The number of H-pyrrole nitrogens is 2. The van der Waals surface area contributed by atoms with E-state index in [-0.39, 0.29) is 11.7 Å². The summed E-state index contributed by atoms with van der Waals surface area (Å²) in [6.07, 6.45) is 3.86.